The lowest BCUT2D eigenvalue weighted by atomic mass is 10.0. The Morgan fingerprint density at radius 2 is 1.91 bits per heavy atom. The molecule has 8 heteroatoms. The third kappa shape index (κ3) is 3.85. The van der Waals surface area contributed by atoms with Crippen LogP contribution >= 0.6 is 0 Å². The van der Waals surface area contributed by atoms with E-state index in [-0.39, 0.29) is 17.4 Å². The monoisotopic (exact) mass is 427 g/mol. The lowest BCUT2D eigenvalue weighted by molar-refractivity contribution is 0.102. The fourth-order valence-electron chi connectivity index (χ4n) is 3.54. The number of aryl methyl sites for hydroxylation is 1. The molecule has 1 amide bonds. The molecule has 32 heavy (non-hydrogen) atoms. The van der Waals surface area contributed by atoms with Gasteiger partial charge in [0.2, 0.25) is 0 Å². The van der Waals surface area contributed by atoms with Gasteiger partial charge in [-0.1, -0.05) is 35.5 Å². The minimum absolute atomic E-state index is 0.245. The van der Waals surface area contributed by atoms with Crippen molar-refractivity contribution in [1.29, 1.82) is 0 Å². The number of anilines is 1. The number of nitrogens with zero attached hydrogens (tertiary/aromatic N) is 4. The molecule has 0 unspecified atom stereocenters. The van der Waals surface area contributed by atoms with Gasteiger partial charge in [-0.2, -0.15) is 5.10 Å². The molecule has 0 aliphatic carbocycles. The predicted octanol–water partition coefficient (Wildman–Crippen LogP) is 4.83. The molecule has 5 aromatic rings. The maximum absolute atomic E-state index is 13.4. The summed E-state index contributed by atoms with van der Waals surface area (Å²) < 4.78 is 20.5. The SMILES string of the molecule is Cc1cc(C(=O)Nc2cnn(Cc3ccccc3)c2)c2c(-c3ccc(F)cc3)noc2n1. The highest BCUT2D eigenvalue weighted by Crippen LogP contribution is 2.31. The number of aromatic nitrogens is 4. The van der Waals surface area contributed by atoms with E-state index in [1.165, 1.54) is 12.1 Å². The van der Waals surface area contributed by atoms with Gasteiger partial charge in [-0.05, 0) is 42.8 Å². The maximum Gasteiger partial charge on any atom is 0.259 e. The molecule has 3 aromatic heterocycles. The van der Waals surface area contributed by atoms with E-state index < -0.39 is 0 Å². The molecular weight excluding hydrogens is 409 g/mol. The zero-order valence-corrected chi connectivity index (χ0v) is 17.1. The lowest BCUT2D eigenvalue weighted by Gasteiger charge is -2.06. The number of hydrogen-bond donors (Lipinski definition) is 1. The number of carbonyl (C=O) groups excluding carboxylic acids is 1. The quantitative estimate of drug-likeness (QED) is 0.434. The number of hydrogen-bond acceptors (Lipinski definition) is 5. The molecule has 0 radical (unpaired) electrons. The van der Waals surface area contributed by atoms with Gasteiger partial charge >= 0.3 is 0 Å². The number of fused-ring (bicyclic) bond motifs is 1. The third-order valence-corrected chi connectivity index (χ3v) is 5.02. The van der Waals surface area contributed by atoms with Gasteiger partial charge < -0.3 is 9.84 Å². The zero-order valence-electron chi connectivity index (χ0n) is 17.1. The molecule has 2 aromatic carbocycles. The molecule has 0 aliphatic heterocycles. The second-order valence-corrected chi connectivity index (χ2v) is 7.40. The van der Waals surface area contributed by atoms with Gasteiger partial charge in [0, 0.05) is 17.5 Å². The van der Waals surface area contributed by atoms with Crippen molar-refractivity contribution in [3.05, 3.63) is 95.7 Å². The first-order chi connectivity index (χ1) is 15.6. The van der Waals surface area contributed by atoms with Gasteiger partial charge in [-0.3, -0.25) is 9.48 Å². The van der Waals surface area contributed by atoms with Gasteiger partial charge in [0.05, 0.1) is 29.4 Å². The molecule has 0 saturated heterocycles. The first-order valence-electron chi connectivity index (χ1n) is 9.97. The summed E-state index contributed by atoms with van der Waals surface area (Å²) in [5.41, 5.74) is 3.95. The molecule has 7 nitrogen and oxygen atoms in total. The van der Waals surface area contributed by atoms with Gasteiger partial charge in [-0.15, -0.1) is 0 Å². The highest BCUT2D eigenvalue weighted by molar-refractivity contribution is 6.14. The second-order valence-electron chi connectivity index (χ2n) is 7.40. The number of nitrogens with one attached hydrogen (secondary N) is 1. The van der Waals surface area contributed by atoms with Crippen molar-refractivity contribution >= 4 is 22.7 Å². The molecule has 0 bridgehead atoms. The molecule has 3 heterocycles. The Morgan fingerprint density at radius 1 is 1.12 bits per heavy atom. The van der Waals surface area contributed by atoms with E-state index in [1.807, 2.05) is 30.3 Å². The Labute approximate surface area is 182 Å². The number of rotatable bonds is 5. The van der Waals surface area contributed by atoms with Crippen LogP contribution in [0.1, 0.15) is 21.6 Å². The molecular formula is C24H18FN5O2. The molecule has 0 saturated carbocycles. The van der Waals surface area contributed by atoms with Crippen LogP contribution in [0.5, 0.6) is 0 Å². The van der Waals surface area contributed by atoms with Crippen LogP contribution in [0.3, 0.4) is 0 Å². The summed E-state index contributed by atoms with van der Waals surface area (Å²) in [6, 6.07) is 17.4. The van der Waals surface area contributed by atoms with Crippen LogP contribution in [0.25, 0.3) is 22.4 Å². The van der Waals surface area contributed by atoms with Crippen LogP contribution in [0.2, 0.25) is 0 Å². The first kappa shape index (κ1) is 19.6. The van der Waals surface area contributed by atoms with Crippen molar-refractivity contribution in [2.45, 2.75) is 13.5 Å². The maximum atomic E-state index is 13.4. The number of benzene rings is 2. The number of amides is 1. The van der Waals surface area contributed by atoms with E-state index in [0.717, 1.165) is 5.56 Å². The van der Waals surface area contributed by atoms with Crippen molar-refractivity contribution in [2.75, 3.05) is 5.32 Å². The van der Waals surface area contributed by atoms with E-state index in [1.54, 1.807) is 42.2 Å². The summed E-state index contributed by atoms with van der Waals surface area (Å²) in [6.45, 7) is 2.36. The normalized spacial score (nSPS) is 11.1. The van der Waals surface area contributed by atoms with Crippen LogP contribution in [0, 0.1) is 12.7 Å². The summed E-state index contributed by atoms with van der Waals surface area (Å²) >= 11 is 0. The van der Waals surface area contributed by atoms with E-state index in [2.05, 4.69) is 20.6 Å². The average molecular weight is 427 g/mol. The summed E-state index contributed by atoms with van der Waals surface area (Å²) in [6.07, 6.45) is 3.37. The van der Waals surface area contributed by atoms with Gasteiger partial charge in [-0.25, -0.2) is 9.37 Å². The van der Waals surface area contributed by atoms with Crippen LogP contribution in [-0.4, -0.2) is 25.8 Å². The van der Waals surface area contributed by atoms with E-state index in [4.69, 9.17) is 4.52 Å². The second kappa shape index (κ2) is 8.07. The Morgan fingerprint density at radius 3 is 2.69 bits per heavy atom. The van der Waals surface area contributed by atoms with Crippen molar-refractivity contribution < 1.29 is 13.7 Å². The Balaban J connectivity index is 1.46. The highest BCUT2D eigenvalue weighted by Gasteiger charge is 2.21. The van der Waals surface area contributed by atoms with Crippen LogP contribution in [-0.2, 0) is 6.54 Å². The van der Waals surface area contributed by atoms with Crippen molar-refractivity contribution in [1.82, 2.24) is 19.9 Å². The summed E-state index contributed by atoms with van der Waals surface area (Å²) in [4.78, 5) is 17.5. The third-order valence-electron chi connectivity index (χ3n) is 5.02. The number of pyridine rings is 1. The summed E-state index contributed by atoms with van der Waals surface area (Å²) in [5.74, 6) is -0.702. The van der Waals surface area contributed by atoms with Gasteiger partial charge in [0.15, 0.2) is 0 Å². The fraction of sp³-hybridized carbons (Fsp3) is 0.0833. The Kier molecular flexibility index (Phi) is 4.95. The average Bonchev–Trinajstić information content (AvgIpc) is 3.41. The van der Waals surface area contributed by atoms with Crippen LogP contribution in [0.15, 0.2) is 77.6 Å². The van der Waals surface area contributed by atoms with Crippen molar-refractivity contribution in [2.24, 2.45) is 0 Å². The van der Waals surface area contributed by atoms with Gasteiger partial charge in [0.1, 0.15) is 11.5 Å². The zero-order chi connectivity index (χ0) is 22.1. The van der Waals surface area contributed by atoms with E-state index >= 15 is 0 Å². The fourth-order valence-corrected chi connectivity index (χ4v) is 3.54. The molecule has 158 valence electrons. The smallest absolute Gasteiger partial charge is 0.259 e. The Hall–Kier alpha value is -4.33. The Bertz CT molecular complexity index is 1410. The standard InChI is InChI=1S/C24H18FN5O2/c1-15-11-20(21-22(29-32-24(21)27-15)17-7-9-18(25)10-8-17)23(31)28-19-12-26-30(14-19)13-16-5-3-2-4-6-16/h2-12,14H,13H2,1H3,(H,28,31). The largest absolute Gasteiger partial charge is 0.335 e. The summed E-state index contributed by atoms with van der Waals surface area (Å²) in [5, 5.41) is 11.8. The number of halogens is 1. The van der Waals surface area contributed by atoms with Gasteiger partial charge in [0.25, 0.3) is 11.6 Å². The topological polar surface area (TPSA) is 85.8 Å². The van der Waals surface area contributed by atoms with Crippen molar-refractivity contribution in [3.8, 4) is 11.3 Å². The molecule has 5 rings (SSSR count). The van der Waals surface area contributed by atoms with Crippen molar-refractivity contribution in [3.63, 3.8) is 0 Å². The highest BCUT2D eigenvalue weighted by atomic mass is 19.1. The molecule has 1 N–H and O–H groups in total. The first-order valence-corrected chi connectivity index (χ1v) is 9.97. The lowest BCUT2D eigenvalue weighted by Crippen LogP contribution is -2.13. The molecule has 0 fully saturated rings. The molecule has 0 spiro atoms. The van der Waals surface area contributed by atoms with Crippen LogP contribution < -0.4 is 5.32 Å². The molecule has 0 aliphatic rings. The summed E-state index contributed by atoms with van der Waals surface area (Å²) in [7, 11) is 0. The number of carbonyl (C=O) groups is 1. The van der Waals surface area contributed by atoms with Crippen LogP contribution in [0.4, 0.5) is 10.1 Å². The van der Waals surface area contributed by atoms with E-state index in [0.29, 0.717) is 40.1 Å². The minimum Gasteiger partial charge on any atom is -0.335 e. The minimum atomic E-state index is -0.360. The predicted molar refractivity (Wildman–Crippen MR) is 118 cm³/mol. The molecule has 0 atom stereocenters. The van der Waals surface area contributed by atoms with E-state index in [9.17, 15) is 9.18 Å².